The molecule has 1 aliphatic rings. The second-order valence-corrected chi connectivity index (χ2v) is 11.5. The van der Waals surface area contributed by atoms with Crippen molar-refractivity contribution in [3.63, 3.8) is 0 Å². The molecule has 0 aliphatic carbocycles. The first-order valence-electron chi connectivity index (χ1n) is 12.8. The number of fused-ring (bicyclic) bond motifs is 1. The molecular formula is C30H31N3O5S. The molecule has 0 N–H and O–H groups in total. The van der Waals surface area contributed by atoms with Gasteiger partial charge in [0, 0.05) is 61.5 Å². The van der Waals surface area contributed by atoms with E-state index < -0.39 is 9.84 Å². The van der Waals surface area contributed by atoms with Crippen LogP contribution in [-0.4, -0.2) is 69.5 Å². The summed E-state index contributed by atoms with van der Waals surface area (Å²) in [6, 6.07) is 21.5. The maximum Gasteiger partial charge on any atom is 0.253 e. The van der Waals surface area contributed by atoms with E-state index in [1.54, 1.807) is 62.9 Å². The van der Waals surface area contributed by atoms with Crippen LogP contribution in [0.1, 0.15) is 21.5 Å². The Morgan fingerprint density at radius 2 is 1.64 bits per heavy atom. The van der Waals surface area contributed by atoms with Gasteiger partial charge < -0.3 is 14.4 Å². The molecule has 1 fully saturated rings. The highest BCUT2D eigenvalue weighted by Crippen LogP contribution is 2.27. The average Bonchev–Trinajstić information content (AvgIpc) is 2.97. The van der Waals surface area contributed by atoms with E-state index in [0.29, 0.717) is 29.7 Å². The van der Waals surface area contributed by atoms with Gasteiger partial charge in [-0.25, -0.2) is 8.42 Å². The maximum atomic E-state index is 13.2. The Morgan fingerprint density at radius 3 is 2.36 bits per heavy atom. The molecule has 9 heteroatoms. The molecule has 1 amide bonds. The van der Waals surface area contributed by atoms with Crippen LogP contribution in [0.4, 0.5) is 0 Å². The second-order valence-electron chi connectivity index (χ2n) is 9.53. The first-order valence-corrected chi connectivity index (χ1v) is 14.4. The molecule has 3 aromatic carbocycles. The molecule has 0 radical (unpaired) electrons. The Bertz CT molecular complexity index is 1580. The lowest BCUT2D eigenvalue weighted by atomic mass is 10.1. The van der Waals surface area contributed by atoms with Crippen molar-refractivity contribution in [2.24, 2.45) is 0 Å². The van der Waals surface area contributed by atoms with E-state index in [9.17, 15) is 13.2 Å². The monoisotopic (exact) mass is 545 g/mol. The van der Waals surface area contributed by atoms with Crippen LogP contribution >= 0.6 is 0 Å². The van der Waals surface area contributed by atoms with E-state index in [-0.39, 0.29) is 16.6 Å². The fourth-order valence-corrected chi connectivity index (χ4v) is 6.42. The Hall–Kier alpha value is -3.95. The zero-order valence-electron chi connectivity index (χ0n) is 22.0. The van der Waals surface area contributed by atoms with Crippen LogP contribution in [0.5, 0.6) is 11.5 Å². The summed E-state index contributed by atoms with van der Waals surface area (Å²) >= 11 is 0. The van der Waals surface area contributed by atoms with Crippen molar-refractivity contribution < 1.29 is 22.7 Å². The lowest BCUT2D eigenvalue weighted by Gasteiger charge is -2.35. The zero-order chi connectivity index (χ0) is 27.4. The summed E-state index contributed by atoms with van der Waals surface area (Å²) in [5, 5.41) is 0.780. The predicted molar refractivity (Wildman–Crippen MR) is 150 cm³/mol. The van der Waals surface area contributed by atoms with Crippen molar-refractivity contribution in [3.8, 4) is 11.5 Å². The van der Waals surface area contributed by atoms with Gasteiger partial charge >= 0.3 is 0 Å². The van der Waals surface area contributed by atoms with Gasteiger partial charge in [-0.1, -0.05) is 36.4 Å². The average molecular weight is 546 g/mol. The number of carbonyl (C=O) groups excluding carboxylic acids is 1. The number of benzene rings is 3. The van der Waals surface area contributed by atoms with Crippen LogP contribution in [-0.2, 0) is 22.1 Å². The maximum absolute atomic E-state index is 13.2. The van der Waals surface area contributed by atoms with Crippen molar-refractivity contribution >= 4 is 26.6 Å². The molecule has 0 saturated carbocycles. The van der Waals surface area contributed by atoms with E-state index in [4.69, 9.17) is 9.47 Å². The zero-order valence-corrected chi connectivity index (χ0v) is 22.9. The highest BCUT2D eigenvalue weighted by Gasteiger charge is 2.24. The minimum Gasteiger partial charge on any atom is -0.497 e. The highest BCUT2D eigenvalue weighted by atomic mass is 32.2. The van der Waals surface area contributed by atoms with E-state index in [1.807, 2.05) is 35.2 Å². The molecule has 1 saturated heterocycles. The van der Waals surface area contributed by atoms with Gasteiger partial charge in [0.1, 0.15) is 11.5 Å². The summed E-state index contributed by atoms with van der Waals surface area (Å²) in [4.78, 5) is 21.8. The van der Waals surface area contributed by atoms with Crippen LogP contribution in [0.2, 0.25) is 0 Å². The number of ether oxygens (including phenoxy) is 2. The number of piperazine rings is 1. The lowest BCUT2D eigenvalue weighted by Crippen LogP contribution is -2.48. The highest BCUT2D eigenvalue weighted by molar-refractivity contribution is 7.90. The van der Waals surface area contributed by atoms with E-state index in [0.717, 1.165) is 42.1 Å². The van der Waals surface area contributed by atoms with Crippen molar-refractivity contribution in [1.29, 1.82) is 0 Å². The molecule has 1 aliphatic heterocycles. The molecule has 2 heterocycles. The Kier molecular flexibility index (Phi) is 7.81. The van der Waals surface area contributed by atoms with Crippen molar-refractivity contribution in [3.05, 3.63) is 95.7 Å². The molecule has 39 heavy (non-hydrogen) atoms. The van der Waals surface area contributed by atoms with Crippen LogP contribution in [0.25, 0.3) is 10.9 Å². The second kappa shape index (κ2) is 11.4. The van der Waals surface area contributed by atoms with Gasteiger partial charge in [-0.05, 0) is 35.9 Å². The number of hydrogen-bond acceptors (Lipinski definition) is 7. The van der Waals surface area contributed by atoms with Gasteiger partial charge in [0.25, 0.3) is 5.91 Å². The number of para-hydroxylation sites is 1. The number of sulfone groups is 1. The summed E-state index contributed by atoms with van der Waals surface area (Å²) in [6.45, 7) is 3.44. The summed E-state index contributed by atoms with van der Waals surface area (Å²) in [7, 11) is -0.336. The van der Waals surface area contributed by atoms with Gasteiger partial charge in [0.15, 0.2) is 9.84 Å². The van der Waals surface area contributed by atoms with E-state index in [1.165, 1.54) is 0 Å². The summed E-state index contributed by atoms with van der Waals surface area (Å²) in [5.74, 6) is 1.32. The fraction of sp³-hybridized carbons (Fsp3) is 0.267. The van der Waals surface area contributed by atoms with Crippen LogP contribution in [0, 0.1) is 0 Å². The largest absolute Gasteiger partial charge is 0.497 e. The van der Waals surface area contributed by atoms with E-state index in [2.05, 4.69) is 9.88 Å². The van der Waals surface area contributed by atoms with Crippen LogP contribution < -0.4 is 9.47 Å². The topological polar surface area (TPSA) is 89.0 Å². The minimum absolute atomic E-state index is 0.0515. The molecule has 5 rings (SSSR count). The number of nitrogens with zero attached hydrogens (tertiary/aromatic N) is 3. The van der Waals surface area contributed by atoms with Crippen molar-refractivity contribution in [2.45, 2.75) is 17.2 Å². The smallest absolute Gasteiger partial charge is 0.253 e. The van der Waals surface area contributed by atoms with Gasteiger partial charge in [-0.15, -0.1) is 0 Å². The number of pyridine rings is 1. The summed E-state index contributed by atoms with van der Waals surface area (Å²) in [6.07, 6.45) is 1.59. The standard InChI is InChI=1S/C30H31N3O5S/c1-37-26-13-12-25(27(19-26)38-2)20-32-15-17-33(18-16-32)30(34)24-10-8-22(9-11-24)21-39(35,36)28-7-3-5-23-6-4-14-31-29(23)28/h3-14,19H,15-18,20-21H2,1-2H3. The predicted octanol–water partition coefficient (Wildman–Crippen LogP) is 4.18. The van der Waals surface area contributed by atoms with Gasteiger partial charge in [0.2, 0.25) is 0 Å². The third kappa shape index (κ3) is 5.89. The van der Waals surface area contributed by atoms with E-state index >= 15 is 0 Å². The van der Waals surface area contributed by atoms with Gasteiger partial charge in [-0.3, -0.25) is 14.7 Å². The molecule has 8 nitrogen and oxygen atoms in total. The minimum atomic E-state index is -3.61. The van der Waals surface area contributed by atoms with Crippen molar-refractivity contribution in [2.75, 3.05) is 40.4 Å². The number of carbonyl (C=O) groups is 1. The third-order valence-corrected chi connectivity index (χ3v) is 8.75. The number of amides is 1. The Balaban J connectivity index is 1.20. The SMILES string of the molecule is COc1ccc(CN2CCN(C(=O)c3ccc(CS(=O)(=O)c4cccc5cccnc45)cc3)CC2)c(OC)c1. The molecular weight excluding hydrogens is 514 g/mol. The summed E-state index contributed by atoms with van der Waals surface area (Å²) < 4.78 is 37.2. The Labute approximate surface area is 228 Å². The van der Waals surface area contributed by atoms with Crippen LogP contribution in [0.3, 0.4) is 0 Å². The molecule has 202 valence electrons. The third-order valence-electron chi connectivity index (χ3n) is 7.04. The van der Waals surface area contributed by atoms with Gasteiger partial charge in [0.05, 0.1) is 30.4 Å². The fourth-order valence-electron chi connectivity index (χ4n) is 4.88. The molecule has 0 bridgehead atoms. The first-order chi connectivity index (χ1) is 18.9. The number of hydrogen-bond donors (Lipinski definition) is 0. The molecule has 0 unspecified atom stereocenters. The lowest BCUT2D eigenvalue weighted by molar-refractivity contribution is 0.0627. The Morgan fingerprint density at radius 1 is 0.897 bits per heavy atom. The molecule has 0 atom stereocenters. The quantitative estimate of drug-likeness (QED) is 0.328. The first kappa shape index (κ1) is 26.6. The molecule has 1 aromatic heterocycles. The normalized spacial score (nSPS) is 14.4. The number of rotatable bonds is 8. The van der Waals surface area contributed by atoms with Crippen molar-refractivity contribution in [1.82, 2.24) is 14.8 Å². The number of methoxy groups -OCH3 is 2. The molecule has 4 aromatic rings. The summed E-state index contributed by atoms with van der Waals surface area (Å²) in [5.41, 5.74) is 2.71. The number of aromatic nitrogens is 1. The van der Waals surface area contributed by atoms with Gasteiger partial charge in [-0.2, -0.15) is 0 Å². The molecule has 0 spiro atoms. The van der Waals surface area contributed by atoms with Crippen LogP contribution in [0.15, 0.2) is 83.9 Å².